The zero-order valence-electron chi connectivity index (χ0n) is 11.4. The SMILES string of the molecule is CCCC(CBr)Cn1c(=O)c(C)nc2ccccc21. The highest BCUT2D eigenvalue weighted by atomic mass is 79.9. The Kier molecular flexibility index (Phi) is 4.75. The molecule has 0 spiro atoms. The molecule has 102 valence electrons. The topological polar surface area (TPSA) is 34.9 Å². The number of rotatable bonds is 5. The molecule has 1 unspecified atom stereocenters. The van der Waals surface area contributed by atoms with Crippen molar-refractivity contribution in [2.75, 3.05) is 5.33 Å². The lowest BCUT2D eigenvalue weighted by Gasteiger charge is -2.17. The lowest BCUT2D eigenvalue weighted by molar-refractivity contribution is 0.454. The minimum Gasteiger partial charge on any atom is -0.305 e. The quantitative estimate of drug-likeness (QED) is 0.789. The number of alkyl halides is 1. The number of para-hydroxylation sites is 2. The van der Waals surface area contributed by atoms with Gasteiger partial charge in [0.2, 0.25) is 0 Å². The molecule has 3 nitrogen and oxygen atoms in total. The first-order valence-corrected chi connectivity index (χ1v) is 7.81. The van der Waals surface area contributed by atoms with Crippen molar-refractivity contribution >= 4 is 27.0 Å². The fourth-order valence-corrected chi connectivity index (χ4v) is 2.91. The van der Waals surface area contributed by atoms with Gasteiger partial charge in [0, 0.05) is 11.9 Å². The molecular weight excluding hydrogens is 304 g/mol. The van der Waals surface area contributed by atoms with E-state index in [2.05, 4.69) is 27.8 Å². The fraction of sp³-hybridized carbons (Fsp3) is 0.467. The van der Waals surface area contributed by atoms with Gasteiger partial charge in [-0.2, -0.15) is 0 Å². The van der Waals surface area contributed by atoms with Gasteiger partial charge in [-0.3, -0.25) is 4.79 Å². The molecule has 0 fully saturated rings. The predicted molar refractivity (Wildman–Crippen MR) is 82.9 cm³/mol. The monoisotopic (exact) mass is 322 g/mol. The highest BCUT2D eigenvalue weighted by Gasteiger charge is 2.12. The Morgan fingerprint density at radius 1 is 1.37 bits per heavy atom. The van der Waals surface area contributed by atoms with Crippen molar-refractivity contribution in [2.45, 2.75) is 33.2 Å². The molecule has 0 aliphatic carbocycles. The highest BCUT2D eigenvalue weighted by molar-refractivity contribution is 9.09. The maximum Gasteiger partial charge on any atom is 0.272 e. The average Bonchev–Trinajstić information content (AvgIpc) is 2.42. The number of aromatic nitrogens is 2. The third-order valence-electron chi connectivity index (χ3n) is 3.37. The summed E-state index contributed by atoms with van der Waals surface area (Å²) in [4.78, 5) is 16.7. The van der Waals surface area contributed by atoms with Crippen LogP contribution in [0, 0.1) is 12.8 Å². The Balaban J connectivity index is 2.51. The van der Waals surface area contributed by atoms with Gasteiger partial charge in [0.25, 0.3) is 5.56 Å². The molecule has 0 aliphatic heterocycles. The van der Waals surface area contributed by atoms with Crippen LogP contribution in [0.5, 0.6) is 0 Å². The van der Waals surface area contributed by atoms with Crippen molar-refractivity contribution in [3.8, 4) is 0 Å². The van der Waals surface area contributed by atoms with Crippen molar-refractivity contribution in [3.63, 3.8) is 0 Å². The van der Waals surface area contributed by atoms with Crippen molar-refractivity contribution < 1.29 is 0 Å². The van der Waals surface area contributed by atoms with E-state index in [4.69, 9.17) is 0 Å². The molecule has 1 aromatic carbocycles. The Morgan fingerprint density at radius 3 is 2.79 bits per heavy atom. The lowest BCUT2D eigenvalue weighted by Crippen LogP contribution is -2.27. The molecule has 0 saturated carbocycles. The van der Waals surface area contributed by atoms with Gasteiger partial charge < -0.3 is 4.57 Å². The summed E-state index contributed by atoms with van der Waals surface area (Å²) in [5.41, 5.74) is 2.42. The summed E-state index contributed by atoms with van der Waals surface area (Å²) in [7, 11) is 0. The Morgan fingerprint density at radius 2 is 2.11 bits per heavy atom. The van der Waals surface area contributed by atoms with Gasteiger partial charge in [0.1, 0.15) is 5.69 Å². The van der Waals surface area contributed by atoms with Crippen LogP contribution in [-0.2, 0) is 6.54 Å². The molecule has 2 aromatic rings. The van der Waals surface area contributed by atoms with E-state index in [1.54, 1.807) is 6.92 Å². The third-order valence-corrected chi connectivity index (χ3v) is 4.29. The molecule has 0 aliphatic rings. The summed E-state index contributed by atoms with van der Waals surface area (Å²) in [6, 6.07) is 7.84. The summed E-state index contributed by atoms with van der Waals surface area (Å²) >= 11 is 3.55. The van der Waals surface area contributed by atoms with Gasteiger partial charge in [-0.15, -0.1) is 0 Å². The second-order valence-electron chi connectivity index (χ2n) is 4.91. The van der Waals surface area contributed by atoms with E-state index in [9.17, 15) is 4.79 Å². The van der Waals surface area contributed by atoms with Crippen LogP contribution in [0.15, 0.2) is 29.1 Å². The molecule has 19 heavy (non-hydrogen) atoms. The highest BCUT2D eigenvalue weighted by Crippen LogP contribution is 2.16. The minimum atomic E-state index is 0.0285. The maximum atomic E-state index is 12.3. The number of benzene rings is 1. The zero-order valence-corrected chi connectivity index (χ0v) is 13.0. The summed E-state index contributed by atoms with van der Waals surface area (Å²) < 4.78 is 1.87. The van der Waals surface area contributed by atoms with Crippen LogP contribution in [0.3, 0.4) is 0 Å². The van der Waals surface area contributed by atoms with Gasteiger partial charge in [0.15, 0.2) is 0 Å². The summed E-state index contributed by atoms with van der Waals surface area (Å²) in [5.74, 6) is 0.480. The van der Waals surface area contributed by atoms with Crippen molar-refractivity contribution in [3.05, 3.63) is 40.3 Å². The summed E-state index contributed by atoms with van der Waals surface area (Å²) in [6.45, 7) is 4.71. The van der Waals surface area contributed by atoms with E-state index >= 15 is 0 Å². The Labute approximate surface area is 121 Å². The lowest BCUT2D eigenvalue weighted by atomic mass is 10.1. The molecule has 0 bridgehead atoms. The fourth-order valence-electron chi connectivity index (χ4n) is 2.39. The van der Waals surface area contributed by atoms with Crippen LogP contribution in [0.25, 0.3) is 11.0 Å². The molecule has 1 heterocycles. The van der Waals surface area contributed by atoms with Crippen molar-refractivity contribution in [1.29, 1.82) is 0 Å². The van der Waals surface area contributed by atoms with Gasteiger partial charge in [-0.1, -0.05) is 41.4 Å². The standard InChI is InChI=1S/C15H19BrN2O/c1-3-6-12(9-16)10-18-14-8-5-4-7-13(14)17-11(2)15(18)19/h4-5,7-8,12H,3,6,9-10H2,1-2H3. The van der Waals surface area contributed by atoms with E-state index in [1.807, 2.05) is 28.8 Å². The Bertz CT molecular complexity index is 621. The van der Waals surface area contributed by atoms with E-state index < -0.39 is 0 Å². The van der Waals surface area contributed by atoms with Gasteiger partial charge >= 0.3 is 0 Å². The first-order chi connectivity index (χ1) is 9.17. The van der Waals surface area contributed by atoms with Crippen LogP contribution in [0.1, 0.15) is 25.5 Å². The van der Waals surface area contributed by atoms with E-state index in [-0.39, 0.29) is 5.56 Å². The van der Waals surface area contributed by atoms with Crippen LogP contribution in [0.4, 0.5) is 0 Å². The zero-order chi connectivity index (χ0) is 13.8. The predicted octanol–water partition coefficient (Wildman–Crippen LogP) is 3.52. The average molecular weight is 323 g/mol. The molecule has 0 radical (unpaired) electrons. The molecule has 0 saturated heterocycles. The first kappa shape index (κ1) is 14.3. The maximum absolute atomic E-state index is 12.3. The number of fused-ring (bicyclic) bond motifs is 1. The molecule has 4 heteroatoms. The second kappa shape index (κ2) is 6.33. The van der Waals surface area contributed by atoms with Crippen LogP contribution in [-0.4, -0.2) is 14.9 Å². The number of aryl methyl sites for hydroxylation is 1. The smallest absolute Gasteiger partial charge is 0.272 e. The second-order valence-corrected chi connectivity index (χ2v) is 5.56. The number of nitrogens with zero attached hydrogens (tertiary/aromatic N) is 2. The minimum absolute atomic E-state index is 0.0285. The van der Waals surface area contributed by atoms with Crippen LogP contribution < -0.4 is 5.56 Å². The van der Waals surface area contributed by atoms with Crippen molar-refractivity contribution in [2.24, 2.45) is 5.92 Å². The number of hydrogen-bond donors (Lipinski definition) is 0. The molecule has 1 atom stereocenters. The summed E-state index contributed by atoms with van der Waals surface area (Å²) in [5, 5.41) is 0.920. The normalized spacial score (nSPS) is 12.8. The van der Waals surface area contributed by atoms with Crippen LogP contribution in [0.2, 0.25) is 0 Å². The largest absolute Gasteiger partial charge is 0.305 e. The van der Waals surface area contributed by atoms with E-state index in [0.717, 1.165) is 35.7 Å². The number of halogens is 1. The molecule has 0 N–H and O–H groups in total. The third kappa shape index (κ3) is 3.06. The first-order valence-electron chi connectivity index (χ1n) is 6.69. The molecule has 1 aromatic heterocycles. The van der Waals surface area contributed by atoms with Crippen LogP contribution >= 0.6 is 15.9 Å². The van der Waals surface area contributed by atoms with Gasteiger partial charge in [-0.25, -0.2) is 4.98 Å². The Hall–Kier alpha value is -1.16. The number of hydrogen-bond acceptors (Lipinski definition) is 2. The summed E-state index contributed by atoms with van der Waals surface area (Å²) in [6.07, 6.45) is 2.25. The van der Waals surface area contributed by atoms with Gasteiger partial charge in [-0.05, 0) is 31.4 Å². The van der Waals surface area contributed by atoms with Crippen molar-refractivity contribution in [1.82, 2.24) is 9.55 Å². The molecule has 0 amide bonds. The molecule has 2 rings (SSSR count). The van der Waals surface area contributed by atoms with E-state index in [1.165, 1.54) is 0 Å². The van der Waals surface area contributed by atoms with E-state index in [0.29, 0.717) is 11.6 Å². The van der Waals surface area contributed by atoms with Gasteiger partial charge in [0.05, 0.1) is 11.0 Å². The molecular formula is C15H19BrN2O.